The predicted molar refractivity (Wildman–Crippen MR) is 56.4 cm³/mol. The van der Waals surface area contributed by atoms with Gasteiger partial charge < -0.3 is 19.7 Å². The third-order valence-corrected chi connectivity index (χ3v) is 2.09. The van der Waals surface area contributed by atoms with Crippen LogP contribution < -0.4 is 5.32 Å². The van der Waals surface area contributed by atoms with E-state index >= 15 is 0 Å². The van der Waals surface area contributed by atoms with Crippen LogP contribution in [-0.2, 0) is 16.1 Å². The summed E-state index contributed by atoms with van der Waals surface area (Å²) < 4.78 is 9.62. The Balaban J connectivity index is 2.65. The summed E-state index contributed by atoms with van der Waals surface area (Å²) in [6.07, 6.45) is 0.295. The average Bonchev–Trinajstić information content (AvgIpc) is 2.74. The fourth-order valence-electron chi connectivity index (χ4n) is 1.20. The molecule has 1 atom stereocenters. The number of ether oxygens (including phenoxy) is 1. The molecule has 1 heterocycles. The maximum atomic E-state index is 11.6. The molecule has 1 unspecified atom stereocenters. The number of aliphatic carboxylic acids is 1. The smallest absolute Gasteiger partial charge is 0.326 e. The zero-order valence-corrected chi connectivity index (χ0v) is 9.60. The van der Waals surface area contributed by atoms with Crippen molar-refractivity contribution >= 4 is 11.9 Å². The van der Waals surface area contributed by atoms with Crippen LogP contribution >= 0.6 is 0 Å². The number of aromatic nitrogens is 1. The average molecular weight is 242 g/mol. The Kier molecular flexibility index (Phi) is 4.65. The van der Waals surface area contributed by atoms with Crippen molar-refractivity contribution in [2.24, 2.45) is 0 Å². The SMILES string of the molecule is CCC(NC(=O)c1cc(COC)on1)C(=O)O. The van der Waals surface area contributed by atoms with Crippen LogP contribution in [0.15, 0.2) is 10.6 Å². The van der Waals surface area contributed by atoms with E-state index in [-0.39, 0.29) is 12.3 Å². The van der Waals surface area contributed by atoms with E-state index in [1.165, 1.54) is 13.2 Å². The van der Waals surface area contributed by atoms with Crippen LogP contribution in [0.1, 0.15) is 29.6 Å². The normalized spacial score (nSPS) is 12.1. The molecule has 17 heavy (non-hydrogen) atoms. The molecular weight excluding hydrogens is 228 g/mol. The molecule has 1 rings (SSSR count). The highest BCUT2D eigenvalue weighted by molar-refractivity contribution is 5.94. The van der Waals surface area contributed by atoms with Crippen molar-refractivity contribution in [3.63, 3.8) is 0 Å². The van der Waals surface area contributed by atoms with Crippen LogP contribution in [0.2, 0.25) is 0 Å². The first-order chi connectivity index (χ1) is 8.08. The molecule has 94 valence electrons. The lowest BCUT2D eigenvalue weighted by atomic mass is 10.2. The van der Waals surface area contributed by atoms with Gasteiger partial charge in [0.25, 0.3) is 5.91 Å². The van der Waals surface area contributed by atoms with Gasteiger partial charge in [-0.15, -0.1) is 0 Å². The van der Waals surface area contributed by atoms with Crippen molar-refractivity contribution in [3.8, 4) is 0 Å². The van der Waals surface area contributed by atoms with Crippen LogP contribution in [0.4, 0.5) is 0 Å². The Hall–Kier alpha value is -1.89. The summed E-state index contributed by atoms with van der Waals surface area (Å²) in [5, 5.41) is 14.6. The number of hydrogen-bond acceptors (Lipinski definition) is 5. The second-order valence-corrected chi connectivity index (χ2v) is 3.38. The van der Waals surface area contributed by atoms with Gasteiger partial charge in [0.2, 0.25) is 0 Å². The molecule has 0 aliphatic carbocycles. The summed E-state index contributed by atoms with van der Waals surface area (Å²) in [6, 6.07) is 0.484. The molecule has 2 N–H and O–H groups in total. The minimum atomic E-state index is -1.08. The van der Waals surface area contributed by atoms with E-state index < -0.39 is 17.9 Å². The van der Waals surface area contributed by atoms with E-state index in [4.69, 9.17) is 14.4 Å². The quantitative estimate of drug-likeness (QED) is 0.749. The topological polar surface area (TPSA) is 102 Å². The maximum absolute atomic E-state index is 11.6. The number of carboxylic acids is 1. The predicted octanol–water partition coefficient (Wildman–Crippen LogP) is 0.414. The first kappa shape index (κ1) is 13.2. The number of rotatable bonds is 6. The van der Waals surface area contributed by atoms with Gasteiger partial charge in [-0.1, -0.05) is 12.1 Å². The lowest BCUT2D eigenvalue weighted by Crippen LogP contribution is -2.40. The van der Waals surface area contributed by atoms with Gasteiger partial charge >= 0.3 is 5.97 Å². The van der Waals surface area contributed by atoms with Crippen molar-refractivity contribution in [1.29, 1.82) is 0 Å². The molecule has 7 nitrogen and oxygen atoms in total. The van der Waals surface area contributed by atoms with Gasteiger partial charge in [0.05, 0.1) is 0 Å². The molecule has 0 aliphatic heterocycles. The number of amides is 1. The lowest BCUT2D eigenvalue weighted by molar-refractivity contribution is -0.139. The molecule has 0 spiro atoms. The van der Waals surface area contributed by atoms with Gasteiger partial charge in [0.1, 0.15) is 12.6 Å². The highest BCUT2D eigenvalue weighted by atomic mass is 16.5. The maximum Gasteiger partial charge on any atom is 0.326 e. The van der Waals surface area contributed by atoms with Gasteiger partial charge in [-0.2, -0.15) is 0 Å². The summed E-state index contributed by atoms with van der Waals surface area (Å²) in [5.74, 6) is -1.26. The monoisotopic (exact) mass is 242 g/mol. The van der Waals surface area contributed by atoms with Gasteiger partial charge in [0.15, 0.2) is 11.5 Å². The van der Waals surface area contributed by atoms with Gasteiger partial charge in [-0.25, -0.2) is 4.79 Å². The van der Waals surface area contributed by atoms with Gasteiger partial charge in [-0.05, 0) is 6.42 Å². The molecule has 7 heteroatoms. The first-order valence-electron chi connectivity index (χ1n) is 5.06. The largest absolute Gasteiger partial charge is 0.480 e. The van der Waals surface area contributed by atoms with Crippen LogP contribution in [0.25, 0.3) is 0 Å². The Labute approximate surface area is 97.7 Å². The summed E-state index contributed by atoms with van der Waals surface area (Å²) in [4.78, 5) is 22.3. The molecule has 1 aromatic rings. The standard InChI is InChI=1S/C10H14N2O5/c1-3-7(10(14)15)11-9(13)8-4-6(5-16-2)17-12-8/h4,7H,3,5H2,1-2H3,(H,11,13)(H,14,15). The van der Waals surface area contributed by atoms with Crippen LogP contribution in [-0.4, -0.2) is 35.3 Å². The summed E-state index contributed by atoms with van der Waals surface area (Å²) in [7, 11) is 1.49. The molecule has 0 saturated heterocycles. The zero-order valence-electron chi connectivity index (χ0n) is 9.60. The van der Waals surface area contributed by atoms with Crippen molar-refractivity contribution in [2.45, 2.75) is 26.0 Å². The number of methoxy groups -OCH3 is 1. The molecule has 0 aromatic carbocycles. The van der Waals surface area contributed by atoms with E-state index in [1.807, 2.05) is 0 Å². The van der Waals surface area contributed by atoms with Crippen molar-refractivity contribution in [3.05, 3.63) is 17.5 Å². The summed E-state index contributed by atoms with van der Waals surface area (Å²) >= 11 is 0. The molecule has 0 fully saturated rings. The highest BCUT2D eigenvalue weighted by Gasteiger charge is 2.20. The first-order valence-corrected chi connectivity index (χ1v) is 5.06. The molecule has 1 amide bonds. The number of carbonyl (C=O) groups is 2. The van der Waals surface area contributed by atoms with Gasteiger partial charge in [0, 0.05) is 13.2 Å². The van der Waals surface area contributed by atoms with Crippen molar-refractivity contribution in [1.82, 2.24) is 10.5 Å². The number of nitrogens with zero attached hydrogens (tertiary/aromatic N) is 1. The zero-order chi connectivity index (χ0) is 12.8. The molecule has 0 saturated carbocycles. The fourth-order valence-corrected chi connectivity index (χ4v) is 1.20. The lowest BCUT2D eigenvalue weighted by Gasteiger charge is -2.10. The van der Waals surface area contributed by atoms with E-state index in [2.05, 4.69) is 10.5 Å². The van der Waals surface area contributed by atoms with E-state index in [9.17, 15) is 9.59 Å². The Morgan fingerprint density at radius 1 is 1.65 bits per heavy atom. The van der Waals surface area contributed by atoms with Crippen LogP contribution in [0.3, 0.4) is 0 Å². The number of carboxylic acid groups (broad SMARTS) is 1. The minimum absolute atomic E-state index is 0.0387. The molecule has 0 bridgehead atoms. The second kappa shape index (κ2) is 6.00. The second-order valence-electron chi connectivity index (χ2n) is 3.38. The van der Waals surface area contributed by atoms with Crippen molar-refractivity contribution < 1.29 is 24.0 Å². The molecular formula is C10H14N2O5. The Morgan fingerprint density at radius 2 is 2.35 bits per heavy atom. The minimum Gasteiger partial charge on any atom is -0.480 e. The van der Waals surface area contributed by atoms with E-state index in [0.717, 1.165) is 0 Å². The van der Waals surface area contributed by atoms with E-state index in [1.54, 1.807) is 6.92 Å². The molecule has 1 aromatic heterocycles. The van der Waals surface area contributed by atoms with Crippen LogP contribution in [0.5, 0.6) is 0 Å². The molecule has 0 radical (unpaired) electrons. The fraction of sp³-hybridized carbons (Fsp3) is 0.500. The summed E-state index contributed by atoms with van der Waals surface area (Å²) in [6.45, 7) is 1.87. The van der Waals surface area contributed by atoms with E-state index in [0.29, 0.717) is 12.2 Å². The Morgan fingerprint density at radius 3 is 2.88 bits per heavy atom. The summed E-state index contributed by atoms with van der Waals surface area (Å²) in [5.41, 5.74) is 0.0387. The molecule has 0 aliphatic rings. The van der Waals surface area contributed by atoms with Crippen LogP contribution in [0, 0.1) is 0 Å². The number of nitrogens with one attached hydrogen (secondary N) is 1. The number of carbonyl (C=O) groups excluding carboxylic acids is 1. The third kappa shape index (κ3) is 3.56. The Bertz CT molecular complexity index is 401. The van der Waals surface area contributed by atoms with Crippen molar-refractivity contribution in [2.75, 3.05) is 7.11 Å². The third-order valence-electron chi connectivity index (χ3n) is 2.09. The highest BCUT2D eigenvalue weighted by Crippen LogP contribution is 2.05. The van der Waals surface area contributed by atoms with Gasteiger partial charge in [-0.3, -0.25) is 4.79 Å². The number of hydrogen-bond donors (Lipinski definition) is 2.